The van der Waals surface area contributed by atoms with Gasteiger partial charge in [0, 0.05) is 36.8 Å². The lowest BCUT2D eigenvalue weighted by Gasteiger charge is -2.12. The fraction of sp³-hybridized carbons (Fsp3) is 0.375. The molecular formula is C16H21N3O. The predicted molar refractivity (Wildman–Crippen MR) is 81.6 cm³/mol. The lowest BCUT2D eigenvalue weighted by molar-refractivity contribution is -0.121. The number of hydrogen-bond acceptors (Lipinski definition) is 2. The summed E-state index contributed by atoms with van der Waals surface area (Å²) < 4.78 is 2.15. The molecule has 20 heavy (non-hydrogen) atoms. The average molecular weight is 271 g/mol. The number of aromatic nitrogens is 2. The highest BCUT2D eigenvalue weighted by Gasteiger charge is 2.13. The number of carbonyl (C=O) groups is 1. The molecule has 4 heteroatoms. The van der Waals surface area contributed by atoms with E-state index in [2.05, 4.69) is 47.4 Å². The van der Waals surface area contributed by atoms with E-state index in [-0.39, 0.29) is 5.91 Å². The predicted octanol–water partition coefficient (Wildman–Crippen LogP) is 2.85. The maximum atomic E-state index is 11.7. The summed E-state index contributed by atoms with van der Waals surface area (Å²) in [4.78, 5) is 16.2. The third kappa shape index (κ3) is 3.07. The highest BCUT2D eigenvalue weighted by Crippen LogP contribution is 2.24. The van der Waals surface area contributed by atoms with Crippen LogP contribution in [0.4, 0.5) is 0 Å². The number of nitrogens with zero attached hydrogens (tertiary/aromatic N) is 2. The Morgan fingerprint density at radius 2 is 2.35 bits per heavy atom. The van der Waals surface area contributed by atoms with E-state index in [1.165, 1.54) is 5.69 Å². The molecule has 0 aliphatic heterocycles. The zero-order chi connectivity index (χ0) is 14.5. The van der Waals surface area contributed by atoms with Crippen molar-refractivity contribution >= 4 is 16.9 Å². The molecule has 2 rings (SSSR count). The van der Waals surface area contributed by atoms with E-state index >= 15 is 0 Å². The number of pyridine rings is 1. The van der Waals surface area contributed by atoms with E-state index < -0.39 is 0 Å². The minimum atomic E-state index is 0.0392. The molecule has 0 saturated carbocycles. The number of aryl methyl sites for hydroxylation is 1. The number of carbonyl (C=O) groups excluding carboxylic acids is 1. The second-order valence-corrected chi connectivity index (χ2v) is 5.13. The second kappa shape index (κ2) is 6.37. The number of rotatable bonds is 6. The summed E-state index contributed by atoms with van der Waals surface area (Å²) in [5.74, 6) is 0.442. The molecule has 0 bridgehead atoms. The molecule has 0 atom stereocenters. The van der Waals surface area contributed by atoms with Crippen LogP contribution in [-0.4, -0.2) is 22.0 Å². The minimum Gasteiger partial charge on any atom is -0.353 e. The number of amides is 1. The lowest BCUT2D eigenvalue weighted by Crippen LogP contribution is -2.24. The number of hydrogen-bond donors (Lipinski definition) is 1. The maximum absolute atomic E-state index is 11.7. The average Bonchev–Trinajstić information content (AvgIpc) is 2.82. The summed E-state index contributed by atoms with van der Waals surface area (Å²) >= 11 is 0. The summed E-state index contributed by atoms with van der Waals surface area (Å²) in [6.07, 6.45) is 3.93. The molecule has 1 amide bonds. The van der Waals surface area contributed by atoms with Crippen molar-refractivity contribution in [2.75, 3.05) is 6.54 Å². The van der Waals surface area contributed by atoms with Crippen LogP contribution >= 0.6 is 0 Å². The Kier molecular flexibility index (Phi) is 4.56. The first-order valence-corrected chi connectivity index (χ1v) is 6.95. The van der Waals surface area contributed by atoms with Crippen LogP contribution in [0, 0.1) is 0 Å². The van der Waals surface area contributed by atoms with Crippen molar-refractivity contribution in [2.24, 2.45) is 0 Å². The van der Waals surface area contributed by atoms with Gasteiger partial charge in [0.1, 0.15) is 5.65 Å². The molecule has 0 spiro atoms. The topological polar surface area (TPSA) is 46.9 Å². The van der Waals surface area contributed by atoms with Gasteiger partial charge in [-0.1, -0.05) is 19.9 Å². The van der Waals surface area contributed by atoms with Gasteiger partial charge >= 0.3 is 0 Å². The SMILES string of the molecule is C=CCNC(=O)CCn1c(C(C)C)cc2cccnc21. The molecule has 2 aromatic rings. The summed E-state index contributed by atoms with van der Waals surface area (Å²) in [6, 6.07) is 6.16. The van der Waals surface area contributed by atoms with Gasteiger partial charge in [0.25, 0.3) is 0 Å². The molecule has 4 nitrogen and oxygen atoms in total. The van der Waals surface area contributed by atoms with Crippen LogP contribution in [0.3, 0.4) is 0 Å². The van der Waals surface area contributed by atoms with Crippen molar-refractivity contribution in [3.05, 3.63) is 42.7 Å². The Bertz CT molecular complexity index is 613. The third-order valence-corrected chi connectivity index (χ3v) is 3.29. The van der Waals surface area contributed by atoms with Crippen molar-refractivity contribution in [3.63, 3.8) is 0 Å². The standard InChI is InChI=1S/C16H21N3O/c1-4-8-17-15(20)7-10-19-14(12(2)3)11-13-6-5-9-18-16(13)19/h4-6,9,11-12H,1,7-8,10H2,2-3H3,(H,17,20). The van der Waals surface area contributed by atoms with Crippen molar-refractivity contribution in [1.82, 2.24) is 14.9 Å². The normalized spacial score (nSPS) is 10.9. The van der Waals surface area contributed by atoms with Gasteiger partial charge in [-0.25, -0.2) is 4.98 Å². The van der Waals surface area contributed by atoms with Crippen LogP contribution in [-0.2, 0) is 11.3 Å². The molecule has 106 valence electrons. The van der Waals surface area contributed by atoms with E-state index in [9.17, 15) is 4.79 Å². The van der Waals surface area contributed by atoms with Gasteiger partial charge < -0.3 is 9.88 Å². The van der Waals surface area contributed by atoms with E-state index in [4.69, 9.17) is 0 Å². The third-order valence-electron chi connectivity index (χ3n) is 3.29. The Morgan fingerprint density at radius 1 is 1.55 bits per heavy atom. The monoisotopic (exact) mass is 271 g/mol. The van der Waals surface area contributed by atoms with Gasteiger partial charge in [-0.3, -0.25) is 4.79 Å². The molecular weight excluding hydrogens is 250 g/mol. The maximum Gasteiger partial charge on any atom is 0.222 e. The highest BCUT2D eigenvalue weighted by molar-refractivity contribution is 5.79. The molecule has 0 radical (unpaired) electrons. The van der Waals surface area contributed by atoms with Crippen molar-refractivity contribution in [3.8, 4) is 0 Å². The largest absolute Gasteiger partial charge is 0.353 e. The summed E-state index contributed by atoms with van der Waals surface area (Å²) in [5, 5.41) is 3.93. The Labute approximate surface area is 119 Å². The van der Waals surface area contributed by atoms with Crippen LogP contribution in [0.2, 0.25) is 0 Å². The first-order valence-electron chi connectivity index (χ1n) is 6.95. The van der Waals surface area contributed by atoms with Crippen LogP contribution in [0.25, 0.3) is 11.0 Å². The van der Waals surface area contributed by atoms with Crippen LogP contribution in [0.1, 0.15) is 31.9 Å². The van der Waals surface area contributed by atoms with Crippen molar-refractivity contribution in [1.29, 1.82) is 0 Å². The van der Waals surface area contributed by atoms with E-state index in [1.54, 1.807) is 12.3 Å². The summed E-state index contributed by atoms with van der Waals surface area (Å²) in [5.41, 5.74) is 2.17. The molecule has 0 aliphatic rings. The number of nitrogens with one attached hydrogen (secondary N) is 1. The van der Waals surface area contributed by atoms with Crippen LogP contribution in [0.15, 0.2) is 37.1 Å². The zero-order valence-electron chi connectivity index (χ0n) is 12.1. The molecule has 0 aliphatic carbocycles. The first-order chi connectivity index (χ1) is 9.63. The van der Waals surface area contributed by atoms with E-state index in [0.717, 1.165) is 11.0 Å². The van der Waals surface area contributed by atoms with E-state index in [1.807, 2.05) is 6.07 Å². The Hall–Kier alpha value is -2.10. The van der Waals surface area contributed by atoms with Gasteiger partial charge in [-0.15, -0.1) is 6.58 Å². The quantitative estimate of drug-likeness (QED) is 0.821. The first kappa shape index (κ1) is 14.3. The van der Waals surface area contributed by atoms with E-state index in [0.29, 0.717) is 25.4 Å². The van der Waals surface area contributed by atoms with Crippen molar-refractivity contribution < 1.29 is 4.79 Å². The lowest BCUT2D eigenvalue weighted by atomic mass is 10.1. The summed E-state index contributed by atoms with van der Waals surface area (Å²) in [6.45, 7) is 9.07. The Balaban J connectivity index is 2.21. The smallest absolute Gasteiger partial charge is 0.222 e. The fourth-order valence-electron chi connectivity index (χ4n) is 2.31. The van der Waals surface area contributed by atoms with Gasteiger partial charge in [-0.05, 0) is 24.1 Å². The molecule has 0 unspecified atom stereocenters. The minimum absolute atomic E-state index is 0.0392. The van der Waals surface area contributed by atoms with Crippen molar-refractivity contribution in [2.45, 2.75) is 32.7 Å². The summed E-state index contributed by atoms with van der Waals surface area (Å²) in [7, 11) is 0. The van der Waals surface area contributed by atoms with Gasteiger partial charge in [-0.2, -0.15) is 0 Å². The van der Waals surface area contributed by atoms with Crippen LogP contribution < -0.4 is 5.32 Å². The van der Waals surface area contributed by atoms with Gasteiger partial charge in [0.2, 0.25) is 5.91 Å². The highest BCUT2D eigenvalue weighted by atomic mass is 16.1. The van der Waals surface area contributed by atoms with Gasteiger partial charge in [0.15, 0.2) is 0 Å². The molecule has 0 fully saturated rings. The zero-order valence-corrected chi connectivity index (χ0v) is 12.1. The molecule has 1 N–H and O–H groups in total. The molecule has 0 aromatic carbocycles. The van der Waals surface area contributed by atoms with Crippen LogP contribution in [0.5, 0.6) is 0 Å². The number of fused-ring (bicyclic) bond motifs is 1. The molecule has 2 aromatic heterocycles. The molecule has 0 saturated heterocycles. The Morgan fingerprint density at radius 3 is 3.05 bits per heavy atom. The fourth-order valence-corrected chi connectivity index (χ4v) is 2.31. The van der Waals surface area contributed by atoms with Gasteiger partial charge in [0.05, 0.1) is 0 Å². The second-order valence-electron chi connectivity index (χ2n) is 5.13. The molecule has 2 heterocycles.